The van der Waals surface area contributed by atoms with Gasteiger partial charge in [-0.3, -0.25) is 0 Å². The average Bonchev–Trinajstić information content (AvgIpc) is 2.82. The Morgan fingerprint density at radius 2 is 1.71 bits per heavy atom. The fourth-order valence-corrected chi connectivity index (χ4v) is 2.56. The molecule has 0 N–H and O–H groups in total. The van der Waals surface area contributed by atoms with E-state index < -0.39 is 0 Å². The highest BCUT2D eigenvalue weighted by molar-refractivity contribution is 4.87. The van der Waals surface area contributed by atoms with Crippen molar-refractivity contribution in [1.29, 1.82) is 0 Å². The summed E-state index contributed by atoms with van der Waals surface area (Å²) in [6.45, 7) is 9.41. The molecule has 84 valence electrons. The molecule has 0 heteroatoms. The van der Waals surface area contributed by atoms with Gasteiger partial charge in [0.2, 0.25) is 0 Å². The maximum absolute atomic E-state index is 2.38. The van der Waals surface area contributed by atoms with Crippen molar-refractivity contribution in [2.45, 2.75) is 66.2 Å². The van der Waals surface area contributed by atoms with Crippen molar-refractivity contribution < 1.29 is 0 Å². The lowest BCUT2D eigenvalue weighted by molar-refractivity contribution is 0.472. The standard InChI is InChI=1S/C14H28/c1-11(2)8-6-5-7-9-13-10-14(13)12(3)4/h11-14H,5-10H2,1-4H3. The molecule has 0 bridgehead atoms. The van der Waals surface area contributed by atoms with Crippen LogP contribution in [-0.4, -0.2) is 0 Å². The summed E-state index contributed by atoms with van der Waals surface area (Å²) in [5.41, 5.74) is 0. The second-order valence-corrected chi connectivity index (χ2v) is 5.94. The lowest BCUT2D eigenvalue weighted by Crippen LogP contribution is -1.93. The van der Waals surface area contributed by atoms with Gasteiger partial charge in [-0.2, -0.15) is 0 Å². The second kappa shape index (κ2) is 5.78. The average molecular weight is 196 g/mol. The first-order valence-electron chi connectivity index (χ1n) is 6.61. The van der Waals surface area contributed by atoms with Gasteiger partial charge >= 0.3 is 0 Å². The van der Waals surface area contributed by atoms with Gasteiger partial charge in [-0.25, -0.2) is 0 Å². The molecule has 0 aliphatic heterocycles. The summed E-state index contributed by atoms with van der Waals surface area (Å²) in [5, 5.41) is 0. The van der Waals surface area contributed by atoms with Crippen molar-refractivity contribution in [3.05, 3.63) is 0 Å². The third-order valence-electron chi connectivity index (χ3n) is 3.69. The van der Waals surface area contributed by atoms with Crippen molar-refractivity contribution in [3.63, 3.8) is 0 Å². The molecule has 14 heavy (non-hydrogen) atoms. The van der Waals surface area contributed by atoms with Crippen LogP contribution in [0.1, 0.15) is 66.2 Å². The van der Waals surface area contributed by atoms with Gasteiger partial charge in [0, 0.05) is 0 Å². The third kappa shape index (κ3) is 4.48. The fraction of sp³-hybridized carbons (Fsp3) is 1.00. The van der Waals surface area contributed by atoms with Crippen LogP contribution < -0.4 is 0 Å². The minimum absolute atomic E-state index is 0.902. The molecule has 0 aromatic heterocycles. The minimum Gasteiger partial charge on any atom is -0.0628 e. The minimum atomic E-state index is 0.902. The second-order valence-electron chi connectivity index (χ2n) is 5.94. The summed E-state index contributed by atoms with van der Waals surface area (Å²) in [6, 6.07) is 0. The lowest BCUT2D eigenvalue weighted by atomic mass is 10.0. The van der Waals surface area contributed by atoms with E-state index in [1.54, 1.807) is 0 Å². The first kappa shape index (κ1) is 12.1. The van der Waals surface area contributed by atoms with Crippen molar-refractivity contribution in [2.75, 3.05) is 0 Å². The number of hydrogen-bond acceptors (Lipinski definition) is 0. The summed E-state index contributed by atoms with van der Waals surface area (Å²) in [7, 11) is 0. The van der Waals surface area contributed by atoms with Gasteiger partial charge in [0.05, 0.1) is 0 Å². The van der Waals surface area contributed by atoms with Crippen LogP contribution in [0.2, 0.25) is 0 Å². The molecular weight excluding hydrogens is 168 g/mol. The fourth-order valence-electron chi connectivity index (χ4n) is 2.56. The molecule has 1 aliphatic rings. The zero-order valence-electron chi connectivity index (χ0n) is 10.6. The smallest absolute Gasteiger partial charge is 0.0360 e. The van der Waals surface area contributed by atoms with Crippen molar-refractivity contribution in [1.82, 2.24) is 0 Å². The zero-order valence-corrected chi connectivity index (χ0v) is 10.6. The lowest BCUT2D eigenvalue weighted by Gasteiger charge is -2.05. The highest BCUT2D eigenvalue weighted by Crippen LogP contribution is 2.47. The number of hydrogen-bond donors (Lipinski definition) is 0. The molecule has 0 radical (unpaired) electrons. The van der Waals surface area contributed by atoms with Crippen molar-refractivity contribution >= 4 is 0 Å². The van der Waals surface area contributed by atoms with E-state index in [9.17, 15) is 0 Å². The summed E-state index contributed by atoms with van der Waals surface area (Å²) >= 11 is 0. The predicted octanol–water partition coefficient (Wildman–Crippen LogP) is 4.89. The molecule has 0 heterocycles. The Kier molecular flexibility index (Phi) is 4.98. The molecule has 1 aliphatic carbocycles. The normalized spacial score (nSPS) is 26.1. The van der Waals surface area contributed by atoms with Gasteiger partial charge < -0.3 is 0 Å². The Hall–Kier alpha value is 0. The monoisotopic (exact) mass is 196 g/mol. The van der Waals surface area contributed by atoms with E-state index in [1.807, 2.05) is 0 Å². The Morgan fingerprint density at radius 1 is 1.00 bits per heavy atom. The SMILES string of the molecule is CC(C)CCCCCC1CC1C(C)C. The predicted molar refractivity (Wildman–Crippen MR) is 64.4 cm³/mol. The number of rotatable bonds is 7. The summed E-state index contributed by atoms with van der Waals surface area (Å²) in [4.78, 5) is 0. The van der Waals surface area contributed by atoms with Crippen LogP contribution in [-0.2, 0) is 0 Å². The van der Waals surface area contributed by atoms with E-state index in [2.05, 4.69) is 27.7 Å². The van der Waals surface area contributed by atoms with Gasteiger partial charge in [-0.1, -0.05) is 59.8 Å². The largest absolute Gasteiger partial charge is 0.0628 e. The summed E-state index contributed by atoms with van der Waals surface area (Å²) < 4.78 is 0. The zero-order chi connectivity index (χ0) is 10.6. The Morgan fingerprint density at radius 3 is 2.21 bits per heavy atom. The van der Waals surface area contributed by atoms with E-state index in [4.69, 9.17) is 0 Å². The molecule has 0 spiro atoms. The first-order chi connectivity index (χ1) is 6.61. The van der Waals surface area contributed by atoms with Gasteiger partial charge in [-0.15, -0.1) is 0 Å². The quantitative estimate of drug-likeness (QED) is 0.509. The maximum Gasteiger partial charge on any atom is -0.0360 e. The van der Waals surface area contributed by atoms with E-state index in [0.717, 1.165) is 23.7 Å². The van der Waals surface area contributed by atoms with Crippen molar-refractivity contribution in [3.8, 4) is 0 Å². The summed E-state index contributed by atoms with van der Waals surface area (Å²) in [6.07, 6.45) is 8.89. The van der Waals surface area contributed by atoms with Crippen LogP contribution in [0.5, 0.6) is 0 Å². The molecule has 1 rings (SSSR count). The Bertz CT molecular complexity index is 146. The van der Waals surface area contributed by atoms with Crippen molar-refractivity contribution in [2.24, 2.45) is 23.7 Å². The van der Waals surface area contributed by atoms with Gasteiger partial charge in [0.15, 0.2) is 0 Å². The molecule has 0 nitrogen and oxygen atoms in total. The third-order valence-corrected chi connectivity index (χ3v) is 3.69. The van der Waals surface area contributed by atoms with Crippen LogP contribution in [0.4, 0.5) is 0 Å². The molecule has 1 fully saturated rings. The molecule has 0 amide bonds. The molecular formula is C14H28. The van der Waals surface area contributed by atoms with E-state index in [1.165, 1.54) is 38.5 Å². The molecule has 1 saturated carbocycles. The summed E-state index contributed by atoms with van der Waals surface area (Å²) in [5.74, 6) is 4.03. The van der Waals surface area contributed by atoms with E-state index >= 15 is 0 Å². The van der Waals surface area contributed by atoms with Gasteiger partial charge in [0.1, 0.15) is 0 Å². The van der Waals surface area contributed by atoms with E-state index in [-0.39, 0.29) is 0 Å². The molecule has 2 unspecified atom stereocenters. The van der Waals surface area contributed by atoms with Crippen LogP contribution >= 0.6 is 0 Å². The highest BCUT2D eigenvalue weighted by Gasteiger charge is 2.37. The maximum atomic E-state index is 2.38. The molecule has 2 atom stereocenters. The van der Waals surface area contributed by atoms with Gasteiger partial charge in [0.25, 0.3) is 0 Å². The van der Waals surface area contributed by atoms with E-state index in [0.29, 0.717) is 0 Å². The van der Waals surface area contributed by atoms with Crippen LogP contribution in [0.25, 0.3) is 0 Å². The molecule has 0 aromatic rings. The van der Waals surface area contributed by atoms with Crippen LogP contribution in [0.15, 0.2) is 0 Å². The van der Waals surface area contributed by atoms with Gasteiger partial charge in [-0.05, 0) is 30.1 Å². The molecule has 0 aromatic carbocycles. The Labute approximate surface area is 90.5 Å². The number of unbranched alkanes of at least 4 members (excludes halogenated alkanes) is 2. The van der Waals surface area contributed by atoms with Crippen LogP contribution in [0, 0.1) is 23.7 Å². The topological polar surface area (TPSA) is 0 Å². The molecule has 0 saturated heterocycles. The van der Waals surface area contributed by atoms with Crippen LogP contribution in [0.3, 0.4) is 0 Å². The first-order valence-corrected chi connectivity index (χ1v) is 6.61. The highest BCUT2D eigenvalue weighted by atomic mass is 14.4. The Balaban J connectivity index is 1.86.